The van der Waals surface area contributed by atoms with E-state index in [0.29, 0.717) is 5.92 Å². The Kier molecular flexibility index (Phi) is 5.74. The van der Waals surface area contributed by atoms with E-state index in [0.717, 1.165) is 36.6 Å². The number of nitro groups is 2. The number of nitro benzene ring substituents is 2. The van der Waals surface area contributed by atoms with Gasteiger partial charge in [0.1, 0.15) is 5.69 Å². The zero-order valence-corrected chi connectivity index (χ0v) is 15.5. The van der Waals surface area contributed by atoms with E-state index in [1.54, 1.807) is 0 Å². The number of nitrogens with zero attached hydrogens (tertiary/aromatic N) is 3. The minimum Gasteiger partial charge on any atom is -0.271 e. The van der Waals surface area contributed by atoms with E-state index in [9.17, 15) is 20.2 Å². The standard InChI is InChI=1S/C18H24N4O4/c1-12(13-5-7-14(8-6-13)18(2,3)4)19-20-16-10-9-15(21(23)24)11-17(16)22(25)26/h5,9-11,14,20H,6-8H2,1-4H3. The van der Waals surface area contributed by atoms with Crippen LogP contribution in [0.3, 0.4) is 0 Å². The minimum absolute atomic E-state index is 0.129. The van der Waals surface area contributed by atoms with E-state index in [1.165, 1.54) is 12.1 Å². The molecule has 140 valence electrons. The molecule has 1 aromatic carbocycles. The number of allylic oxidation sites excluding steroid dienone is 2. The van der Waals surface area contributed by atoms with Gasteiger partial charge in [0.2, 0.25) is 0 Å². The Morgan fingerprint density at radius 2 is 1.92 bits per heavy atom. The van der Waals surface area contributed by atoms with Crippen LogP contribution in [0.1, 0.15) is 47.0 Å². The van der Waals surface area contributed by atoms with Crippen molar-refractivity contribution in [2.75, 3.05) is 5.43 Å². The van der Waals surface area contributed by atoms with Crippen molar-refractivity contribution in [1.29, 1.82) is 0 Å². The summed E-state index contributed by atoms with van der Waals surface area (Å²) in [7, 11) is 0. The highest BCUT2D eigenvalue weighted by molar-refractivity contribution is 5.98. The highest BCUT2D eigenvalue weighted by Crippen LogP contribution is 2.37. The Morgan fingerprint density at radius 3 is 2.42 bits per heavy atom. The van der Waals surface area contributed by atoms with Crippen LogP contribution in [-0.2, 0) is 0 Å². The van der Waals surface area contributed by atoms with Gasteiger partial charge in [-0.25, -0.2) is 0 Å². The molecule has 0 saturated carbocycles. The van der Waals surface area contributed by atoms with E-state index >= 15 is 0 Å². The summed E-state index contributed by atoms with van der Waals surface area (Å²) >= 11 is 0. The molecule has 0 aliphatic heterocycles. The van der Waals surface area contributed by atoms with Crippen molar-refractivity contribution >= 4 is 22.8 Å². The van der Waals surface area contributed by atoms with Gasteiger partial charge >= 0.3 is 5.69 Å². The number of hydrogen-bond acceptors (Lipinski definition) is 6. The predicted molar refractivity (Wildman–Crippen MR) is 101 cm³/mol. The fourth-order valence-electron chi connectivity index (χ4n) is 3.04. The van der Waals surface area contributed by atoms with Gasteiger partial charge in [0, 0.05) is 6.07 Å². The van der Waals surface area contributed by atoms with Crippen molar-refractivity contribution in [2.24, 2.45) is 16.4 Å². The van der Waals surface area contributed by atoms with Gasteiger partial charge in [-0.05, 0) is 49.2 Å². The summed E-state index contributed by atoms with van der Waals surface area (Å²) in [5.41, 5.74) is 4.27. The maximum atomic E-state index is 11.2. The molecule has 0 amide bonds. The van der Waals surface area contributed by atoms with Crippen molar-refractivity contribution in [1.82, 2.24) is 0 Å². The first-order valence-electron chi connectivity index (χ1n) is 8.52. The predicted octanol–water partition coefficient (Wildman–Crippen LogP) is 5.06. The lowest BCUT2D eigenvalue weighted by molar-refractivity contribution is -0.393. The lowest BCUT2D eigenvalue weighted by Crippen LogP contribution is -2.23. The van der Waals surface area contributed by atoms with Crippen LogP contribution in [0.15, 0.2) is 34.9 Å². The third kappa shape index (κ3) is 4.65. The second-order valence-electron chi connectivity index (χ2n) is 7.59. The first kappa shape index (κ1) is 19.6. The summed E-state index contributed by atoms with van der Waals surface area (Å²) in [5.74, 6) is 0.628. The molecule has 0 radical (unpaired) electrons. The third-order valence-corrected chi connectivity index (χ3v) is 4.83. The summed E-state index contributed by atoms with van der Waals surface area (Å²) in [6.07, 6.45) is 5.18. The Balaban J connectivity index is 2.16. The zero-order chi connectivity index (χ0) is 19.5. The molecule has 2 rings (SSSR count). The first-order valence-corrected chi connectivity index (χ1v) is 8.52. The summed E-state index contributed by atoms with van der Waals surface area (Å²) < 4.78 is 0. The average molecular weight is 360 g/mol. The lowest BCUT2D eigenvalue weighted by Gasteiger charge is -2.33. The fraction of sp³-hybridized carbons (Fsp3) is 0.500. The molecular weight excluding hydrogens is 336 g/mol. The fourth-order valence-corrected chi connectivity index (χ4v) is 3.04. The molecule has 1 atom stereocenters. The quantitative estimate of drug-likeness (QED) is 0.448. The van der Waals surface area contributed by atoms with Gasteiger partial charge < -0.3 is 0 Å². The van der Waals surface area contributed by atoms with Crippen LogP contribution < -0.4 is 5.43 Å². The summed E-state index contributed by atoms with van der Waals surface area (Å²) in [5, 5.41) is 26.2. The molecule has 1 aromatic rings. The molecule has 1 unspecified atom stereocenters. The topological polar surface area (TPSA) is 111 Å². The SMILES string of the molecule is CC(=NNc1ccc([N+](=O)[O-])cc1[N+](=O)[O-])C1=CCC(C(C)(C)C)CC1. The van der Waals surface area contributed by atoms with Crippen LogP contribution in [0.4, 0.5) is 17.1 Å². The second kappa shape index (κ2) is 7.63. The maximum absolute atomic E-state index is 11.2. The highest BCUT2D eigenvalue weighted by atomic mass is 16.6. The Labute approximate surface area is 152 Å². The first-order chi connectivity index (χ1) is 12.1. The molecule has 0 heterocycles. The van der Waals surface area contributed by atoms with Crippen LogP contribution >= 0.6 is 0 Å². The normalized spacial score (nSPS) is 18.2. The molecule has 1 aliphatic rings. The summed E-state index contributed by atoms with van der Waals surface area (Å²) in [6, 6.07) is 3.45. The van der Waals surface area contributed by atoms with Crippen LogP contribution in [0.5, 0.6) is 0 Å². The molecule has 1 N–H and O–H groups in total. The van der Waals surface area contributed by atoms with Gasteiger partial charge in [0.15, 0.2) is 0 Å². The number of hydrazone groups is 1. The Hall–Kier alpha value is -2.77. The molecule has 8 nitrogen and oxygen atoms in total. The van der Waals surface area contributed by atoms with Crippen LogP contribution in [-0.4, -0.2) is 15.6 Å². The monoisotopic (exact) mass is 360 g/mol. The molecule has 0 saturated heterocycles. The molecule has 0 bridgehead atoms. The molecule has 0 spiro atoms. The zero-order valence-electron chi connectivity index (χ0n) is 15.5. The number of rotatable bonds is 5. The number of non-ortho nitro benzene ring substituents is 1. The van der Waals surface area contributed by atoms with Gasteiger partial charge in [-0.15, -0.1) is 0 Å². The van der Waals surface area contributed by atoms with E-state index in [2.05, 4.69) is 37.4 Å². The number of hydrogen-bond donors (Lipinski definition) is 1. The molecule has 8 heteroatoms. The average Bonchev–Trinajstić information content (AvgIpc) is 2.58. The minimum atomic E-state index is -0.663. The van der Waals surface area contributed by atoms with Crippen LogP contribution in [0, 0.1) is 31.6 Å². The number of benzene rings is 1. The van der Waals surface area contributed by atoms with E-state index in [1.807, 2.05) is 6.92 Å². The van der Waals surface area contributed by atoms with Crippen molar-refractivity contribution in [3.8, 4) is 0 Å². The van der Waals surface area contributed by atoms with Gasteiger partial charge in [0.25, 0.3) is 5.69 Å². The van der Waals surface area contributed by atoms with Crippen molar-refractivity contribution < 1.29 is 9.85 Å². The smallest absolute Gasteiger partial charge is 0.271 e. The van der Waals surface area contributed by atoms with Gasteiger partial charge in [-0.3, -0.25) is 25.7 Å². The van der Waals surface area contributed by atoms with Gasteiger partial charge in [-0.1, -0.05) is 26.8 Å². The van der Waals surface area contributed by atoms with E-state index in [-0.39, 0.29) is 22.5 Å². The van der Waals surface area contributed by atoms with E-state index in [4.69, 9.17) is 0 Å². The number of nitrogens with one attached hydrogen (secondary N) is 1. The molecule has 26 heavy (non-hydrogen) atoms. The third-order valence-electron chi connectivity index (χ3n) is 4.83. The summed E-state index contributed by atoms with van der Waals surface area (Å²) in [4.78, 5) is 20.6. The largest absolute Gasteiger partial charge is 0.301 e. The highest BCUT2D eigenvalue weighted by Gasteiger charge is 2.26. The van der Waals surface area contributed by atoms with Gasteiger partial charge in [0.05, 0.1) is 21.6 Å². The Bertz CT molecular complexity index is 778. The van der Waals surface area contributed by atoms with Crippen LogP contribution in [0.2, 0.25) is 0 Å². The van der Waals surface area contributed by atoms with Crippen molar-refractivity contribution in [2.45, 2.75) is 47.0 Å². The number of anilines is 1. The van der Waals surface area contributed by atoms with Gasteiger partial charge in [-0.2, -0.15) is 5.10 Å². The lowest BCUT2D eigenvalue weighted by atomic mass is 9.73. The van der Waals surface area contributed by atoms with Crippen molar-refractivity contribution in [3.05, 3.63) is 50.1 Å². The van der Waals surface area contributed by atoms with E-state index < -0.39 is 9.85 Å². The summed E-state index contributed by atoms with van der Waals surface area (Å²) in [6.45, 7) is 8.58. The second-order valence-corrected chi connectivity index (χ2v) is 7.59. The molecule has 1 aliphatic carbocycles. The maximum Gasteiger partial charge on any atom is 0.301 e. The van der Waals surface area contributed by atoms with Crippen LogP contribution in [0.25, 0.3) is 0 Å². The Morgan fingerprint density at radius 1 is 1.23 bits per heavy atom. The molecule has 0 aromatic heterocycles. The van der Waals surface area contributed by atoms with Crippen molar-refractivity contribution in [3.63, 3.8) is 0 Å². The molecule has 0 fully saturated rings. The molecular formula is C18H24N4O4.